The van der Waals surface area contributed by atoms with Crippen LogP contribution in [0.5, 0.6) is 0 Å². The van der Waals surface area contributed by atoms with E-state index in [0.29, 0.717) is 6.54 Å². The van der Waals surface area contributed by atoms with Crippen molar-refractivity contribution < 1.29 is 5.11 Å². The fourth-order valence-corrected chi connectivity index (χ4v) is 3.26. The van der Waals surface area contributed by atoms with Crippen LogP contribution in [0.4, 0.5) is 0 Å². The van der Waals surface area contributed by atoms with Crippen LogP contribution in [0.1, 0.15) is 36.5 Å². The molecule has 0 aliphatic heterocycles. The summed E-state index contributed by atoms with van der Waals surface area (Å²) in [6, 6.07) is 10.4. The van der Waals surface area contributed by atoms with Crippen LogP contribution in [0.3, 0.4) is 0 Å². The molecule has 0 bridgehead atoms. The molecular formula is C18H26N2OS. The molecule has 1 aromatic heterocycles. The Bertz CT molecular complexity index is 560. The summed E-state index contributed by atoms with van der Waals surface area (Å²) in [6.45, 7) is 8.31. The van der Waals surface area contributed by atoms with Gasteiger partial charge < -0.3 is 5.11 Å². The monoisotopic (exact) mass is 318 g/mol. The predicted molar refractivity (Wildman–Crippen MR) is 93.2 cm³/mol. The van der Waals surface area contributed by atoms with E-state index in [4.69, 9.17) is 0 Å². The van der Waals surface area contributed by atoms with Gasteiger partial charge in [0.15, 0.2) is 0 Å². The standard InChI is InChI=1S/C18H26N2OS/c1-15-19-17(13-22-15)10-7-11-20(14-18(2,3)21)12-16-8-5-4-6-9-16/h4-6,8-9,13,21H,7,10-12,14H2,1-3H3. The molecule has 1 N–H and O–H groups in total. The molecule has 0 spiro atoms. The number of aliphatic hydroxyl groups is 1. The van der Waals surface area contributed by atoms with Crippen LogP contribution in [-0.4, -0.2) is 33.7 Å². The average Bonchev–Trinajstić information content (AvgIpc) is 2.84. The van der Waals surface area contributed by atoms with Gasteiger partial charge in [-0.3, -0.25) is 4.90 Å². The Labute approximate surface area is 137 Å². The third-order valence-electron chi connectivity index (χ3n) is 3.43. The second kappa shape index (κ2) is 7.86. The van der Waals surface area contributed by atoms with Crippen molar-refractivity contribution in [1.29, 1.82) is 0 Å². The van der Waals surface area contributed by atoms with Gasteiger partial charge in [0.25, 0.3) is 0 Å². The number of rotatable bonds is 8. The van der Waals surface area contributed by atoms with E-state index in [-0.39, 0.29) is 0 Å². The largest absolute Gasteiger partial charge is 0.389 e. The molecule has 0 fully saturated rings. The molecule has 0 aliphatic carbocycles. The summed E-state index contributed by atoms with van der Waals surface area (Å²) < 4.78 is 0. The highest BCUT2D eigenvalue weighted by molar-refractivity contribution is 7.09. The van der Waals surface area contributed by atoms with Crippen molar-refractivity contribution in [2.24, 2.45) is 0 Å². The van der Waals surface area contributed by atoms with Gasteiger partial charge in [-0.15, -0.1) is 11.3 Å². The van der Waals surface area contributed by atoms with Crippen LogP contribution in [0.25, 0.3) is 0 Å². The normalized spacial score (nSPS) is 12.0. The van der Waals surface area contributed by atoms with Crippen LogP contribution in [-0.2, 0) is 13.0 Å². The van der Waals surface area contributed by atoms with E-state index in [1.165, 1.54) is 11.3 Å². The quantitative estimate of drug-likeness (QED) is 0.807. The van der Waals surface area contributed by atoms with E-state index in [2.05, 4.69) is 39.5 Å². The summed E-state index contributed by atoms with van der Waals surface area (Å²) in [5.41, 5.74) is 1.80. The second-order valence-electron chi connectivity index (χ2n) is 6.47. The SMILES string of the molecule is Cc1nc(CCCN(Cc2ccccc2)CC(C)(C)O)cs1. The first kappa shape index (κ1) is 17.1. The molecule has 0 radical (unpaired) electrons. The smallest absolute Gasteiger partial charge is 0.0897 e. The van der Waals surface area contributed by atoms with Crippen molar-refractivity contribution >= 4 is 11.3 Å². The van der Waals surface area contributed by atoms with Crippen LogP contribution in [0.2, 0.25) is 0 Å². The number of hydrogen-bond acceptors (Lipinski definition) is 4. The fraction of sp³-hybridized carbons (Fsp3) is 0.500. The lowest BCUT2D eigenvalue weighted by atomic mass is 10.1. The zero-order chi connectivity index (χ0) is 16.0. The first-order valence-corrected chi connectivity index (χ1v) is 8.70. The molecule has 22 heavy (non-hydrogen) atoms. The van der Waals surface area contributed by atoms with Gasteiger partial charge in [0.1, 0.15) is 0 Å². The van der Waals surface area contributed by atoms with E-state index in [0.717, 1.165) is 30.9 Å². The van der Waals surface area contributed by atoms with Crippen molar-refractivity contribution in [1.82, 2.24) is 9.88 Å². The van der Waals surface area contributed by atoms with Gasteiger partial charge in [0, 0.05) is 18.5 Å². The second-order valence-corrected chi connectivity index (χ2v) is 7.53. The van der Waals surface area contributed by atoms with Gasteiger partial charge in [-0.25, -0.2) is 4.98 Å². The molecule has 0 atom stereocenters. The topological polar surface area (TPSA) is 36.4 Å². The van der Waals surface area contributed by atoms with Crippen molar-refractivity contribution in [2.45, 2.75) is 45.8 Å². The van der Waals surface area contributed by atoms with Gasteiger partial charge in [0.2, 0.25) is 0 Å². The van der Waals surface area contributed by atoms with Gasteiger partial charge in [0.05, 0.1) is 16.3 Å². The molecule has 2 aromatic rings. The highest BCUT2D eigenvalue weighted by Gasteiger charge is 2.18. The van der Waals surface area contributed by atoms with Crippen LogP contribution < -0.4 is 0 Å². The Morgan fingerprint density at radius 3 is 2.55 bits per heavy atom. The predicted octanol–water partition coefficient (Wildman–Crippen LogP) is 3.66. The molecule has 0 saturated heterocycles. The molecule has 120 valence electrons. The van der Waals surface area contributed by atoms with Crippen molar-refractivity contribution in [2.75, 3.05) is 13.1 Å². The number of aromatic nitrogens is 1. The van der Waals surface area contributed by atoms with E-state index in [1.54, 1.807) is 11.3 Å². The highest BCUT2D eigenvalue weighted by atomic mass is 32.1. The lowest BCUT2D eigenvalue weighted by Crippen LogP contribution is -2.38. The van der Waals surface area contributed by atoms with Crippen LogP contribution >= 0.6 is 11.3 Å². The molecule has 1 heterocycles. The van der Waals surface area contributed by atoms with E-state index in [9.17, 15) is 5.11 Å². The summed E-state index contributed by atoms with van der Waals surface area (Å²) in [5.74, 6) is 0. The minimum Gasteiger partial charge on any atom is -0.389 e. The molecular weight excluding hydrogens is 292 g/mol. The van der Waals surface area contributed by atoms with E-state index < -0.39 is 5.60 Å². The molecule has 0 unspecified atom stereocenters. The summed E-state index contributed by atoms with van der Waals surface area (Å²) in [7, 11) is 0. The molecule has 2 rings (SSSR count). The maximum Gasteiger partial charge on any atom is 0.0897 e. The number of thiazole rings is 1. The number of benzene rings is 1. The molecule has 0 amide bonds. The van der Waals surface area contributed by atoms with Crippen molar-refractivity contribution in [3.63, 3.8) is 0 Å². The maximum atomic E-state index is 10.1. The third kappa shape index (κ3) is 6.26. The lowest BCUT2D eigenvalue weighted by molar-refractivity contribution is 0.0331. The average molecular weight is 318 g/mol. The Hall–Kier alpha value is -1.23. The zero-order valence-electron chi connectivity index (χ0n) is 13.7. The van der Waals surface area contributed by atoms with Crippen LogP contribution in [0, 0.1) is 6.92 Å². The summed E-state index contributed by atoms with van der Waals surface area (Å²) >= 11 is 1.71. The van der Waals surface area contributed by atoms with E-state index >= 15 is 0 Å². The Morgan fingerprint density at radius 1 is 1.23 bits per heavy atom. The highest BCUT2D eigenvalue weighted by Crippen LogP contribution is 2.13. The van der Waals surface area contributed by atoms with Crippen molar-refractivity contribution in [3.05, 3.63) is 52.0 Å². The molecule has 0 aliphatic rings. The van der Waals surface area contributed by atoms with Gasteiger partial charge >= 0.3 is 0 Å². The fourth-order valence-electron chi connectivity index (χ4n) is 2.61. The Balaban J connectivity index is 1.89. The zero-order valence-corrected chi connectivity index (χ0v) is 14.6. The maximum absolute atomic E-state index is 10.1. The summed E-state index contributed by atoms with van der Waals surface area (Å²) in [6.07, 6.45) is 2.06. The van der Waals surface area contributed by atoms with Gasteiger partial charge in [-0.05, 0) is 45.7 Å². The number of aryl methyl sites for hydroxylation is 2. The summed E-state index contributed by atoms with van der Waals surface area (Å²) in [5, 5.41) is 13.4. The van der Waals surface area contributed by atoms with Gasteiger partial charge in [-0.1, -0.05) is 30.3 Å². The van der Waals surface area contributed by atoms with Crippen molar-refractivity contribution in [3.8, 4) is 0 Å². The Morgan fingerprint density at radius 2 is 1.95 bits per heavy atom. The minimum atomic E-state index is -0.675. The Kier molecular flexibility index (Phi) is 6.12. The first-order valence-electron chi connectivity index (χ1n) is 7.82. The number of nitrogens with zero attached hydrogens (tertiary/aromatic N) is 2. The molecule has 0 saturated carbocycles. The molecule has 3 nitrogen and oxygen atoms in total. The van der Waals surface area contributed by atoms with Crippen LogP contribution in [0.15, 0.2) is 35.7 Å². The van der Waals surface area contributed by atoms with Gasteiger partial charge in [-0.2, -0.15) is 0 Å². The molecule has 1 aromatic carbocycles. The molecule has 4 heteroatoms. The minimum absolute atomic E-state index is 0.675. The third-order valence-corrected chi connectivity index (χ3v) is 4.26. The first-order chi connectivity index (χ1) is 10.4. The van der Waals surface area contributed by atoms with E-state index in [1.807, 2.05) is 26.8 Å². The number of hydrogen-bond donors (Lipinski definition) is 1. The lowest BCUT2D eigenvalue weighted by Gasteiger charge is -2.29. The summed E-state index contributed by atoms with van der Waals surface area (Å²) in [4.78, 5) is 6.84.